The van der Waals surface area contributed by atoms with Crippen molar-refractivity contribution in [3.8, 4) is 0 Å². The number of carboxylic acids is 1. The van der Waals surface area contributed by atoms with Crippen LogP contribution in [0.4, 0.5) is 5.69 Å². The molecule has 0 amide bonds. The number of aryl methyl sites for hydroxylation is 2. The molecule has 0 bridgehead atoms. The highest BCUT2D eigenvalue weighted by molar-refractivity contribution is 7.99. The topological polar surface area (TPSA) is 93.3 Å². The zero-order chi connectivity index (χ0) is 15.6. The van der Waals surface area contributed by atoms with Crippen LogP contribution < -0.4 is 0 Å². The number of carbonyl (C=O) groups is 1. The highest BCUT2D eigenvalue weighted by atomic mass is 32.2. The van der Waals surface area contributed by atoms with E-state index in [9.17, 15) is 14.9 Å². The third-order valence-electron chi connectivity index (χ3n) is 2.92. The number of nitro groups is 1. The molecule has 0 radical (unpaired) electrons. The Morgan fingerprint density at radius 1 is 1.29 bits per heavy atom. The minimum Gasteiger partial charge on any atom is -0.478 e. The first kappa shape index (κ1) is 15.0. The second-order valence-electron chi connectivity index (χ2n) is 4.45. The molecule has 0 aliphatic heterocycles. The summed E-state index contributed by atoms with van der Waals surface area (Å²) in [6, 6.07) is 6.71. The van der Waals surface area contributed by atoms with E-state index in [4.69, 9.17) is 5.11 Å². The van der Waals surface area contributed by atoms with Crippen LogP contribution >= 0.6 is 11.8 Å². The summed E-state index contributed by atoms with van der Waals surface area (Å²) in [4.78, 5) is 26.1. The molecule has 1 aromatic carbocycles. The second-order valence-corrected chi connectivity index (χ2v) is 5.54. The molecule has 0 atom stereocenters. The van der Waals surface area contributed by atoms with Crippen LogP contribution in [0.15, 0.2) is 40.4 Å². The monoisotopic (exact) mass is 304 g/mol. The van der Waals surface area contributed by atoms with Gasteiger partial charge in [-0.25, -0.2) is 9.78 Å². The zero-order valence-corrected chi connectivity index (χ0v) is 12.2. The lowest BCUT2D eigenvalue weighted by molar-refractivity contribution is -0.385. The van der Waals surface area contributed by atoms with Crippen molar-refractivity contribution in [3.05, 3.63) is 57.3 Å². The summed E-state index contributed by atoms with van der Waals surface area (Å²) in [6.07, 6.45) is 1.21. The minimum absolute atomic E-state index is 0.0329. The highest BCUT2D eigenvalue weighted by Gasteiger charge is 2.13. The van der Waals surface area contributed by atoms with E-state index >= 15 is 0 Å². The molecule has 0 unspecified atom stereocenters. The number of pyridine rings is 1. The maximum absolute atomic E-state index is 11.1. The minimum atomic E-state index is -0.984. The van der Waals surface area contributed by atoms with Gasteiger partial charge in [0.2, 0.25) is 0 Å². The van der Waals surface area contributed by atoms with Crippen molar-refractivity contribution in [1.82, 2.24) is 4.98 Å². The molecule has 1 aromatic heterocycles. The van der Waals surface area contributed by atoms with Gasteiger partial charge in [0.05, 0.1) is 10.5 Å². The van der Waals surface area contributed by atoms with Crippen molar-refractivity contribution in [2.24, 2.45) is 0 Å². The third-order valence-corrected chi connectivity index (χ3v) is 3.84. The van der Waals surface area contributed by atoms with Crippen LogP contribution in [0.3, 0.4) is 0 Å². The Hall–Kier alpha value is -2.41. The van der Waals surface area contributed by atoms with Gasteiger partial charge in [-0.1, -0.05) is 17.8 Å². The van der Waals surface area contributed by atoms with E-state index in [0.29, 0.717) is 16.2 Å². The summed E-state index contributed by atoms with van der Waals surface area (Å²) < 4.78 is 0. The number of hydrogen-bond acceptors (Lipinski definition) is 5. The predicted octanol–water partition coefficient (Wildman–Crippen LogP) is 3.46. The van der Waals surface area contributed by atoms with Gasteiger partial charge in [-0.15, -0.1) is 0 Å². The maximum Gasteiger partial charge on any atom is 0.335 e. The zero-order valence-electron chi connectivity index (χ0n) is 11.4. The summed E-state index contributed by atoms with van der Waals surface area (Å²) in [7, 11) is 0. The number of carboxylic acid groups (broad SMARTS) is 1. The van der Waals surface area contributed by atoms with Gasteiger partial charge in [-0.05, 0) is 37.6 Å². The van der Waals surface area contributed by atoms with E-state index in [2.05, 4.69) is 4.98 Å². The van der Waals surface area contributed by atoms with Crippen molar-refractivity contribution in [2.45, 2.75) is 23.8 Å². The molecular formula is C14H12N2O4S. The Morgan fingerprint density at radius 3 is 2.57 bits per heavy atom. The molecule has 0 aliphatic carbocycles. The van der Waals surface area contributed by atoms with Crippen LogP contribution in [-0.4, -0.2) is 21.0 Å². The number of benzene rings is 1. The summed E-state index contributed by atoms with van der Waals surface area (Å²) in [5.74, 6) is -0.984. The first-order valence-corrected chi connectivity index (χ1v) is 6.83. The first-order valence-electron chi connectivity index (χ1n) is 6.01. The molecule has 2 rings (SSSR count). The number of aromatic nitrogens is 1. The predicted molar refractivity (Wildman–Crippen MR) is 77.9 cm³/mol. The van der Waals surface area contributed by atoms with Crippen LogP contribution in [-0.2, 0) is 0 Å². The molecule has 1 N–H and O–H groups in total. The van der Waals surface area contributed by atoms with Gasteiger partial charge in [0.15, 0.2) is 0 Å². The van der Waals surface area contributed by atoms with Crippen LogP contribution in [0.1, 0.15) is 21.5 Å². The highest BCUT2D eigenvalue weighted by Crippen LogP contribution is 2.30. The van der Waals surface area contributed by atoms with Crippen LogP contribution in [0.5, 0.6) is 0 Å². The Balaban J connectivity index is 2.30. The fourth-order valence-electron chi connectivity index (χ4n) is 1.79. The first-order chi connectivity index (χ1) is 9.88. The molecule has 2 aromatic rings. The summed E-state index contributed by atoms with van der Waals surface area (Å²) in [5, 5.41) is 20.4. The van der Waals surface area contributed by atoms with Crippen LogP contribution in [0.25, 0.3) is 0 Å². The van der Waals surface area contributed by atoms with Gasteiger partial charge in [-0.2, -0.15) is 0 Å². The van der Waals surface area contributed by atoms with E-state index in [1.54, 1.807) is 38.1 Å². The van der Waals surface area contributed by atoms with Gasteiger partial charge in [0.1, 0.15) is 11.2 Å². The molecule has 108 valence electrons. The van der Waals surface area contributed by atoms with Gasteiger partial charge in [0, 0.05) is 10.5 Å². The molecule has 0 saturated carbocycles. The molecule has 6 nitrogen and oxygen atoms in total. The second kappa shape index (κ2) is 5.92. The average Bonchev–Trinajstić information content (AvgIpc) is 2.40. The lowest BCUT2D eigenvalue weighted by atomic mass is 10.1. The molecule has 0 spiro atoms. The normalized spacial score (nSPS) is 10.4. The summed E-state index contributed by atoms with van der Waals surface area (Å²) in [6.45, 7) is 3.37. The van der Waals surface area contributed by atoms with Crippen molar-refractivity contribution in [1.29, 1.82) is 0 Å². The van der Waals surface area contributed by atoms with E-state index in [0.717, 1.165) is 4.90 Å². The number of rotatable bonds is 4. The van der Waals surface area contributed by atoms with Crippen molar-refractivity contribution in [3.63, 3.8) is 0 Å². The third kappa shape index (κ3) is 3.38. The van der Waals surface area contributed by atoms with E-state index in [1.807, 2.05) is 0 Å². The van der Waals surface area contributed by atoms with Gasteiger partial charge >= 0.3 is 5.97 Å². The number of hydrogen-bond donors (Lipinski definition) is 1. The smallest absolute Gasteiger partial charge is 0.335 e. The molecule has 0 saturated heterocycles. The molecule has 0 fully saturated rings. The number of nitrogens with zero attached hydrogens (tertiary/aromatic N) is 2. The SMILES string of the molecule is Cc1ccc(Sc2cc(C)c([N+](=O)[O-])cn2)cc1C(=O)O. The largest absolute Gasteiger partial charge is 0.478 e. The molecule has 21 heavy (non-hydrogen) atoms. The fraction of sp³-hybridized carbons (Fsp3) is 0.143. The van der Waals surface area contributed by atoms with Crippen LogP contribution in [0, 0.1) is 24.0 Å². The van der Waals surface area contributed by atoms with Gasteiger partial charge in [0.25, 0.3) is 5.69 Å². The lowest BCUT2D eigenvalue weighted by Crippen LogP contribution is -1.99. The van der Waals surface area contributed by atoms with Crippen molar-refractivity contribution in [2.75, 3.05) is 0 Å². The Bertz CT molecular complexity index is 731. The molecule has 1 heterocycles. The Labute approximate surface area is 125 Å². The van der Waals surface area contributed by atoms with Crippen LogP contribution in [0.2, 0.25) is 0 Å². The lowest BCUT2D eigenvalue weighted by Gasteiger charge is -2.05. The van der Waals surface area contributed by atoms with Gasteiger partial charge in [-0.3, -0.25) is 10.1 Å². The Kier molecular flexibility index (Phi) is 4.23. The van der Waals surface area contributed by atoms with E-state index < -0.39 is 10.9 Å². The van der Waals surface area contributed by atoms with Crippen molar-refractivity contribution < 1.29 is 14.8 Å². The number of aromatic carboxylic acids is 1. The van der Waals surface area contributed by atoms with Gasteiger partial charge < -0.3 is 5.11 Å². The standard InChI is InChI=1S/C14H12N2O4S/c1-8-3-4-10(6-11(8)14(17)18)21-13-5-9(2)12(7-15-13)16(19)20/h3-7H,1-2H3,(H,17,18). The quantitative estimate of drug-likeness (QED) is 0.686. The van der Waals surface area contributed by atoms with E-state index in [1.165, 1.54) is 18.0 Å². The Morgan fingerprint density at radius 2 is 2.00 bits per heavy atom. The summed E-state index contributed by atoms with van der Waals surface area (Å²) >= 11 is 1.27. The fourth-order valence-corrected chi connectivity index (χ4v) is 2.68. The van der Waals surface area contributed by atoms with E-state index in [-0.39, 0.29) is 11.3 Å². The molecule has 0 aliphatic rings. The maximum atomic E-state index is 11.1. The molecular weight excluding hydrogens is 292 g/mol. The van der Waals surface area contributed by atoms with Crippen molar-refractivity contribution >= 4 is 23.4 Å². The average molecular weight is 304 g/mol. The summed E-state index contributed by atoms with van der Waals surface area (Å²) in [5.41, 5.74) is 1.40. The molecule has 7 heteroatoms.